The van der Waals surface area contributed by atoms with E-state index in [2.05, 4.69) is 9.72 Å². The van der Waals surface area contributed by atoms with Crippen molar-refractivity contribution in [3.8, 4) is 5.75 Å². The van der Waals surface area contributed by atoms with E-state index < -0.39 is 18.7 Å². The zero-order chi connectivity index (χ0) is 13.4. The van der Waals surface area contributed by atoms with Crippen molar-refractivity contribution in [1.29, 1.82) is 0 Å². The maximum atomic E-state index is 12.6. The second kappa shape index (κ2) is 4.15. The van der Waals surface area contributed by atoms with Crippen LogP contribution in [0.1, 0.15) is 0 Å². The summed E-state index contributed by atoms with van der Waals surface area (Å²) in [5, 5.41) is 0.810. The van der Waals surface area contributed by atoms with Gasteiger partial charge in [-0.3, -0.25) is 0 Å². The van der Waals surface area contributed by atoms with E-state index in [0.717, 1.165) is 5.39 Å². The van der Waals surface area contributed by atoms with Crippen molar-refractivity contribution in [3.05, 3.63) is 30.5 Å². The Morgan fingerprint density at radius 1 is 1.06 bits per heavy atom. The largest absolute Gasteiger partial charge is 0.487 e. The predicted molar refractivity (Wildman–Crippen MR) is 54.8 cm³/mol. The van der Waals surface area contributed by atoms with Gasteiger partial charge in [0.05, 0.1) is 0 Å². The van der Waals surface area contributed by atoms with E-state index in [-0.39, 0.29) is 5.75 Å². The molecule has 98 valence electrons. The molecule has 2 nitrogen and oxygen atoms in total. The monoisotopic (exact) mass is 265 g/mol. The summed E-state index contributed by atoms with van der Waals surface area (Å²) >= 11 is 0. The van der Waals surface area contributed by atoms with E-state index >= 15 is 0 Å². The maximum Gasteiger partial charge on any atom is 0.456 e. The molecule has 0 fully saturated rings. The molecule has 0 spiro atoms. The molecule has 0 atom stereocenters. The van der Waals surface area contributed by atoms with E-state index in [1.54, 1.807) is 18.3 Å². The molecule has 0 bridgehead atoms. The number of halogens is 5. The van der Waals surface area contributed by atoms with Gasteiger partial charge in [-0.2, -0.15) is 22.0 Å². The van der Waals surface area contributed by atoms with Gasteiger partial charge in [0.25, 0.3) is 0 Å². The number of rotatable bonds is 3. The molecule has 0 aliphatic rings. The lowest BCUT2D eigenvalue weighted by Crippen LogP contribution is -2.41. The Kier molecular flexibility index (Phi) is 2.92. The molecule has 1 heterocycles. The van der Waals surface area contributed by atoms with E-state index in [4.69, 9.17) is 0 Å². The minimum Gasteiger partial charge on any atom is -0.487 e. The Labute approximate surface area is 98.4 Å². The van der Waals surface area contributed by atoms with Gasteiger partial charge in [-0.25, -0.2) is 0 Å². The standard InChI is InChI=1S/C11H8F5NO/c12-10(13,11(14,15)16)6-18-8-2-1-7-3-4-17-9(7)5-8/h1-5,17H,6H2. The van der Waals surface area contributed by atoms with Crippen molar-refractivity contribution in [2.24, 2.45) is 0 Å². The van der Waals surface area contributed by atoms with Gasteiger partial charge in [-0.05, 0) is 23.6 Å². The maximum absolute atomic E-state index is 12.6. The van der Waals surface area contributed by atoms with Gasteiger partial charge in [-0.15, -0.1) is 0 Å². The van der Waals surface area contributed by atoms with Gasteiger partial charge in [-0.1, -0.05) is 0 Å². The molecule has 0 aliphatic heterocycles. The summed E-state index contributed by atoms with van der Waals surface area (Å²) in [5.74, 6) is -4.91. The number of hydrogen-bond acceptors (Lipinski definition) is 1. The first kappa shape index (κ1) is 12.7. The average molecular weight is 265 g/mol. The first-order valence-corrected chi connectivity index (χ1v) is 4.94. The van der Waals surface area contributed by atoms with Crippen molar-refractivity contribution in [2.75, 3.05) is 6.61 Å². The third kappa shape index (κ3) is 2.39. The Balaban J connectivity index is 2.10. The van der Waals surface area contributed by atoms with Crippen LogP contribution in [0.25, 0.3) is 10.9 Å². The number of ether oxygens (including phenoxy) is 1. The molecule has 18 heavy (non-hydrogen) atoms. The number of benzene rings is 1. The summed E-state index contributed by atoms with van der Waals surface area (Å²) in [6.07, 6.45) is -3.98. The van der Waals surface area contributed by atoms with Gasteiger partial charge in [0, 0.05) is 17.8 Å². The highest BCUT2D eigenvalue weighted by Gasteiger charge is 2.58. The van der Waals surface area contributed by atoms with E-state index in [1.807, 2.05) is 0 Å². The van der Waals surface area contributed by atoms with Crippen LogP contribution < -0.4 is 4.74 Å². The van der Waals surface area contributed by atoms with Gasteiger partial charge in [0.1, 0.15) is 5.75 Å². The molecule has 2 rings (SSSR count). The van der Waals surface area contributed by atoms with Crippen molar-refractivity contribution in [2.45, 2.75) is 12.1 Å². The fraction of sp³-hybridized carbons (Fsp3) is 0.273. The summed E-state index contributed by atoms with van der Waals surface area (Å²) in [5.41, 5.74) is 0.600. The molecule has 1 N–H and O–H groups in total. The van der Waals surface area contributed by atoms with Gasteiger partial charge in [0.2, 0.25) is 0 Å². The number of fused-ring (bicyclic) bond motifs is 1. The molecule has 1 aromatic carbocycles. The molecule has 0 aliphatic carbocycles. The van der Waals surface area contributed by atoms with E-state index in [1.165, 1.54) is 12.1 Å². The lowest BCUT2D eigenvalue weighted by Gasteiger charge is -2.19. The van der Waals surface area contributed by atoms with E-state index in [9.17, 15) is 22.0 Å². The minimum absolute atomic E-state index is 0.0473. The second-order valence-corrected chi connectivity index (χ2v) is 3.72. The minimum atomic E-state index is -5.61. The number of aromatic nitrogens is 1. The number of aromatic amines is 1. The van der Waals surface area contributed by atoms with Crippen molar-refractivity contribution in [3.63, 3.8) is 0 Å². The summed E-state index contributed by atoms with van der Waals surface area (Å²) in [4.78, 5) is 2.80. The van der Waals surface area contributed by atoms with Gasteiger partial charge in [0.15, 0.2) is 6.61 Å². The van der Waals surface area contributed by atoms with Crippen LogP contribution >= 0.6 is 0 Å². The quantitative estimate of drug-likeness (QED) is 0.840. The number of hydrogen-bond donors (Lipinski definition) is 1. The highest BCUT2D eigenvalue weighted by Crippen LogP contribution is 2.35. The second-order valence-electron chi connectivity index (χ2n) is 3.72. The number of alkyl halides is 5. The van der Waals surface area contributed by atoms with Crippen LogP contribution in [0, 0.1) is 0 Å². The Hall–Kier alpha value is -1.79. The lowest BCUT2D eigenvalue weighted by molar-refractivity contribution is -0.290. The summed E-state index contributed by atoms with van der Waals surface area (Å²) in [6.45, 7) is -1.73. The molecule has 7 heteroatoms. The summed E-state index contributed by atoms with van der Waals surface area (Å²) in [6, 6.07) is 6.00. The van der Waals surface area contributed by atoms with Crippen LogP contribution in [0.4, 0.5) is 22.0 Å². The Bertz CT molecular complexity index is 546. The topological polar surface area (TPSA) is 25.0 Å². The Morgan fingerprint density at radius 2 is 1.78 bits per heavy atom. The third-order valence-corrected chi connectivity index (χ3v) is 2.36. The van der Waals surface area contributed by atoms with Crippen molar-refractivity contribution in [1.82, 2.24) is 4.98 Å². The molecular formula is C11H8F5NO. The normalized spacial score (nSPS) is 12.9. The lowest BCUT2D eigenvalue weighted by atomic mass is 10.2. The average Bonchev–Trinajstić information content (AvgIpc) is 2.71. The van der Waals surface area contributed by atoms with Crippen LogP contribution in [-0.4, -0.2) is 23.7 Å². The molecule has 0 unspecified atom stereocenters. The van der Waals surface area contributed by atoms with Crippen molar-refractivity contribution >= 4 is 10.9 Å². The van der Waals surface area contributed by atoms with Crippen LogP contribution in [0.15, 0.2) is 30.5 Å². The fourth-order valence-electron chi connectivity index (χ4n) is 1.37. The molecule has 0 radical (unpaired) electrons. The third-order valence-electron chi connectivity index (χ3n) is 2.36. The number of H-pyrrole nitrogens is 1. The first-order chi connectivity index (χ1) is 8.29. The molecule has 2 aromatic rings. The number of nitrogens with one attached hydrogen (secondary N) is 1. The molecule has 0 saturated carbocycles. The fourth-order valence-corrected chi connectivity index (χ4v) is 1.37. The van der Waals surface area contributed by atoms with Crippen LogP contribution in [0.5, 0.6) is 5.75 Å². The SMILES string of the molecule is FC(F)(F)C(F)(F)COc1ccc2cc[nH]c2c1. The van der Waals surface area contributed by atoms with E-state index in [0.29, 0.717) is 5.52 Å². The van der Waals surface area contributed by atoms with Crippen LogP contribution in [0.3, 0.4) is 0 Å². The Morgan fingerprint density at radius 3 is 2.44 bits per heavy atom. The molecule has 0 amide bonds. The highest BCUT2D eigenvalue weighted by molar-refractivity contribution is 5.80. The zero-order valence-corrected chi connectivity index (χ0v) is 8.89. The smallest absolute Gasteiger partial charge is 0.456 e. The van der Waals surface area contributed by atoms with Gasteiger partial charge >= 0.3 is 12.1 Å². The zero-order valence-electron chi connectivity index (χ0n) is 8.89. The summed E-state index contributed by atoms with van der Waals surface area (Å²) < 4.78 is 65.4. The molecular weight excluding hydrogens is 257 g/mol. The van der Waals surface area contributed by atoms with Gasteiger partial charge < -0.3 is 9.72 Å². The first-order valence-electron chi connectivity index (χ1n) is 4.94. The highest BCUT2D eigenvalue weighted by atomic mass is 19.4. The van der Waals surface area contributed by atoms with Crippen LogP contribution in [0.2, 0.25) is 0 Å². The molecule has 0 saturated heterocycles. The molecule has 1 aromatic heterocycles. The summed E-state index contributed by atoms with van der Waals surface area (Å²) in [7, 11) is 0. The van der Waals surface area contributed by atoms with Crippen LogP contribution in [-0.2, 0) is 0 Å². The van der Waals surface area contributed by atoms with Crippen molar-refractivity contribution < 1.29 is 26.7 Å². The predicted octanol–water partition coefficient (Wildman–Crippen LogP) is 3.74.